The number of hydrogen-bond donors (Lipinski definition) is 1. The van der Waals surface area contributed by atoms with Crippen LogP contribution in [0.3, 0.4) is 0 Å². The van der Waals surface area contributed by atoms with E-state index in [1.165, 1.54) is 0 Å². The van der Waals surface area contributed by atoms with Gasteiger partial charge in [-0.15, -0.1) is 0 Å². The molecule has 0 unspecified atom stereocenters. The molecule has 0 saturated heterocycles. The van der Waals surface area contributed by atoms with E-state index in [0.29, 0.717) is 18.1 Å². The van der Waals surface area contributed by atoms with Gasteiger partial charge in [-0.05, 0) is 36.8 Å². The fraction of sp³-hybridized carbons (Fsp3) is 0.222. The molecule has 24 heavy (non-hydrogen) atoms. The number of aromatic nitrogens is 2. The number of nitrogens with zero attached hydrogens (tertiary/aromatic N) is 2. The fourth-order valence-corrected chi connectivity index (χ4v) is 2.32. The molecule has 0 aliphatic rings. The Hall–Kier alpha value is -3.02. The van der Waals surface area contributed by atoms with Gasteiger partial charge in [-0.2, -0.15) is 5.10 Å². The molecule has 1 amide bonds. The molecule has 2 aromatic heterocycles. The van der Waals surface area contributed by atoms with Crippen LogP contribution in [0.15, 0.2) is 53.1 Å². The standard InChI is InChI=1S/C18H19N3O3/c1-13-5-3-4-6-16(13)23-12-18(22)19-11-14-7-8-17(24-14)15-9-10-20-21(15)2/h3-10H,11-12H2,1-2H3,(H,19,22). The lowest BCUT2D eigenvalue weighted by atomic mass is 10.2. The summed E-state index contributed by atoms with van der Waals surface area (Å²) in [4.78, 5) is 11.9. The van der Waals surface area contributed by atoms with Crippen molar-refractivity contribution >= 4 is 5.91 Å². The Morgan fingerprint density at radius 2 is 2.08 bits per heavy atom. The molecule has 3 aromatic rings. The van der Waals surface area contributed by atoms with E-state index in [4.69, 9.17) is 9.15 Å². The lowest BCUT2D eigenvalue weighted by Crippen LogP contribution is -2.28. The van der Waals surface area contributed by atoms with Gasteiger partial charge in [0.1, 0.15) is 17.2 Å². The minimum absolute atomic E-state index is 0.0276. The zero-order valence-corrected chi connectivity index (χ0v) is 13.7. The van der Waals surface area contributed by atoms with Crippen molar-refractivity contribution < 1.29 is 13.9 Å². The van der Waals surface area contributed by atoms with Gasteiger partial charge in [-0.25, -0.2) is 0 Å². The van der Waals surface area contributed by atoms with E-state index in [1.807, 2.05) is 56.4 Å². The largest absolute Gasteiger partial charge is 0.484 e. The number of amides is 1. The topological polar surface area (TPSA) is 69.3 Å². The van der Waals surface area contributed by atoms with E-state index in [-0.39, 0.29) is 12.5 Å². The maximum absolute atomic E-state index is 11.9. The van der Waals surface area contributed by atoms with Crippen LogP contribution in [0.1, 0.15) is 11.3 Å². The van der Waals surface area contributed by atoms with Crippen LogP contribution in [0.4, 0.5) is 0 Å². The summed E-state index contributed by atoms with van der Waals surface area (Å²) in [7, 11) is 1.85. The molecule has 124 valence electrons. The summed E-state index contributed by atoms with van der Waals surface area (Å²) in [6, 6.07) is 13.2. The van der Waals surface area contributed by atoms with E-state index in [9.17, 15) is 4.79 Å². The van der Waals surface area contributed by atoms with Crippen LogP contribution >= 0.6 is 0 Å². The zero-order valence-electron chi connectivity index (χ0n) is 13.7. The Morgan fingerprint density at radius 3 is 2.83 bits per heavy atom. The van der Waals surface area contributed by atoms with Crippen LogP contribution in [0, 0.1) is 6.92 Å². The van der Waals surface area contributed by atoms with Gasteiger partial charge in [0.2, 0.25) is 0 Å². The van der Waals surface area contributed by atoms with Crippen molar-refractivity contribution in [1.82, 2.24) is 15.1 Å². The number of carbonyl (C=O) groups is 1. The van der Waals surface area contributed by atoms with Crippen molar-refractivity contribution in [2.75, 3.05) is 6.61 Å². The highest BCUT2D eigenvalue weighted by Gasteiger charge is 2.10. The first kappa shape index (κ1) is 15.9. The molecule has 0 bridgehead atoms. The minimum Gasteiger partial charge on any atom is -0.484 e. The second-order valence-electron chi connectivity index (χ2n) is 5.44. The van der Waals surface area contributed by atoms with Gasteiger partial charge in [-0.1, -0.05) is 18.2 Å². The predicted molar refractivity (Wildman–Crippen MR) is 89.4 cm³/mol. The summed E-state index contributed by atoms with van der Waals surface area (Å²) in [6.07, 6.45) is 1.71. The predicted octanol–water partition coefficient (Wildman–Crippen LogP) is 2.68. The monoisotopic (exact) mass is 325 g/mol. The highest BCUT2D eigenvalue weighted by atomic mass is 16.5. The van der Waals surface area contributed by atoms with Gasteiger partial charge in [0.05, 0.1) is 6.54 Å². The molecule has 2 heterocycles. The van der Waals surface area contributed by atoms with Crippen molar-refractivity contribution in [2.24, 2.45) is 7.05 Å². The van der Waals surface area contributed by atoms with Crippen molar-refractivity contribution in [3.8, 4) is 17.2 Å². The van der Waals surface area contributed by atoms with Gasteiger partial charge in [0.15, 0.2) is 12.4 Å². The number of aryl methyl sites for hydroxylation is 2. The highest BCUT2D eigenvalue weighted by molar-refractivity contribution is 5.77. The molecule has 1 aromatic carbocycles. The second kappa shape index (κ2) is 7.04. The van der Waals surface area contributed by atoms with E-state index in [1.54, 1.807) is 10.9 Å². The number of furan rings is 1. The number of ether oxygens (including phenoxy) is 1. The molecular weight excluding hydrogens is 306 g/mol. The summed E-state index contributed by atoms with van der Waals surface area (Å²) < 4.78 is 13.0. The summed E-state index contributed by atoms with van der Waals surface area (Å²) in [5.41, 5.74) is 1.88. The first-order valence-corrected chi connectivity index (χ1v) is 7.65. The van der Waals surface area contributed by atoms with Crippen LogP contribution in [0.25, 0.3) is 11.5 Å². The van der Waals surface area contributed by atoms with Crippen LogP contribution in [-0.2, 0) is 18.4 Å². The Kier molecular flexibility index (Phi) is 4.65. The molecule has 0 aliphatic heterocycles. The summed E-state index contributed by atoms with van der Waals surface area (Å²) >= 11 is 0. The molecular formula is C18H19N3O3. The molecule has 0 spiro atoms. The molecule has 0 aliphatic carbocycles. The fourth-order valence-electron chi connectivity index (χ4n) is 2.32. The smallest absolute Gasteiger partial charge is 0.258 e. The third-order valence-electron chi connectivity index (χ3n) is 3.65. The molecule has 0 saturated carbocycles. The van der Waals surface area contributed by atoms with Crippen LogP contribution in [0.2, 0.25) is 0 Å². The molecule has 6 heteroatoms. The Morgan fingerprint density at radius 1 is 1.25 bits per heavy atom. The maximum Gasteiger partial charge on any atom is 0.258 e. The Labute approximate surface area is 140 Å². The van der Waals surface area contributed by atoms with Crippen molar-refractivity contribution in [2.45, 2.75) is 13.5 Å². The van der Waals surface area contributed by atoms with Crippen LogP contribution in [0.5, 0.6) is 5.75 Å². The second-order valence-corrected chi connectivity index (χ2v) is 5.44. The van der Waals surface area contributed by atoms with Gasteiger partial charge in [0.25, 0.3) is 5.91 Å². The number of hydrogen-bond acceptors (Lipinski definition) is 4. The molecule has 1 N–H and O–H groups in total. The summed E-state index contributed by atoms with van der Waals surface area (Å²) in [5.74, 6) is 1.91. The molecule has 3 rings (SSSR count). The van der Waals surface area contributed by atoms with Crippen LogP contribution < -0.4 is 10.1 Å². The van der Waals surface area contributed by atoms with Gasteiger partial charge < -0.3 is 14.5 Å². The summed E-state index contributed by atoms with van der Waals surface area (Å²) in [6.45, 7) is 2.23. The number of rotatable bonds is 6. The maximum atomic E-state index is 11.9. The SMILES string of the molecule is Cc1ccccc1OCC(=O)NCc1ccc(-c2ccnn2C)o1. The third-order valence-corrected chi connectivity index (χ3v) is 3.65. The number of nitrogens with one attached hydrogen (secondary N) is 1. The van der Waals surface area contributed by atoms with Crippen molar-refractivity contribution in [3.05, 3.63) is 60.0 Å². The van der Waals surface area contributed by atoms with Gasteiger partial charge in [-0.3, -0.25) is 9.48 Å². The quantitative estimate of drug-likeness (QED) is 0.756. The lowest BCUT2D eigenvalue weighted by Gasteiger charge is -2.08. The first-order valence-electron chi connectivity index (χ1n) is 7.65. The highest BCUT2D eigenvalue weighted by Crippen LogP contribution is 2.21. The number of carbonyl (C=O) groups excluding carboxylic acids is 1. The van der Waals surface area contributed by atoms with E-state index in [0.717, 1.165) is 17.0 Å². The molecule has 6 nitrogen and oxygen atoms in total. The van der Waals surface area contributed by atoms with Crippen LogP contribution in [-0.4, -0.2) is 22.3 Å². The molecule has 0 radical (unpaired) electrons. The Bertz CT molecular complexity index is 835. The van der Waals surface area contributed by atoms with Gasteiger partial charge in [0, 0.05) is 13.2 Å². The minimum atomic E-state index is -0.197. The lowest BCUT2D eigenvalue weighted by molar-refractivity contribution is -0.123. The zero-order chi connectivity index (χ0) is 16.9. The molecule has 0 atom stereocenters. The number of para-hydroxylation sites is 1. The molecule has 0 fully saturated rings. The van der Waals surface area contributed by atoms with Crippen molar-refractivity contribution in [1.29, 1.82) is 0 Å². The Balaban J connectivity index is 1.51. The van der Waals surface area contributed by atoms with Gasteiger partial charge >= 0.3 is 0 Å². The first-order chi connectivity index (χ1) is 11.6. The average molecular weight is 325 g/mol. The average Bonchev–Trinajstić information content (AvgIpc) is 3.20. The summed E-state index contributed by atoms with van der Waals surface area (Å²) in [5, 5.41) is 6.89. The third kappa shape index (κ3) is 3.65. The van der Waals surface area contributed by atoms with Crippen molar-refractivity contribution in [3.63, 3.8) is 0 Å². The van der Waals surface area contributed by atoms with E-state index in [2.05, 4.69) is 10.4 Å². The number of benzene rings is 1. The van der Waals surface area contributed by atoms with E-state index >= 15 is 0 Å². The normalized spacial score (nSPS) is 10.6. The van der Waals surface area contributed by atoms with E-state index < -0.39 is 0 Å².